The van der Waals surface area contributed by atoms with E-state index in [4.69, 9.17) is 10.3 Å². The van der Waals surface area contributed by atoms with Gasteiger partial charge in [-0.25, -0.2) is 0 Å². The van der Waals surface area contributed by atoms with Crippen LogP contribution in [-0.4, -0.2) is 15.1 Å². The second kappa shape index (κ2) is 5.27. The second-order valence-electron chi connectivity index (χ2n) is 4.53. The van der Waals surface area contributed by atoms with Gasteiger partial charge in [0.05, 0.1) is 6.04 Å². The standard InChI is InChI=1S/C13H18N4O/c1-4-5-10(14)13-16-12(17-18-13)11-9(3)6-8(2)7-15-11/h6-7,10H,4-5,14H2,1-3H3/t10-/m0/s1. The summed E-state index contributed by atoms with van der Waals surface area (Å²) in [4.78, 5) is 8.67. The van der Waals surface area contributed by atoms with E-state index < -0.39 is 0 Å². The normalized spacial score (nSPS) is 12.7. The smallest absolute Gasteiger partial charge is 0.243 e. The SMILES string of the molecule is CCC[C@H](N)c1nc(-c2ncc(C)cc2C)no1. The molecule has 0 fully saturated rings. The number of hydrogen-bond acceptors (Lipinski definition) is 5. The minimum Gasteiger partial charge on any atom is -0.337 e. The molecule has 0 saturated carbocycles. The Morgan fingerprint density at radius 2 is 2.17 bits per heavy atom. The number of aromatic nitrogens is 3. The van der Waals surface area contributed by atoms with E-state index in [1.807, 2.05) is 19.9 Å². The zero-order chi connectivity index (χ0) is 13.1. The summed E-state index contributed by atoms with van der Waals surface area (Å²) < 4.78 is 5.19. The van der Waals surface area contributed by atoms with Crippen molar-refractivity contribution in [3.8, 4) is 11.5 Å². The lowest BCUT2D eigenvalue weighted by Gasteiger charge is -2.02. The molecule has 0 aromatic carbocycles. The van der Waals surface area contributed by atoms with Gasteiger partial charge in [-0.15, -0.1) is 0 Å². The van der Waals surface area contributed by atoms with Crippen molar-refractivity contribution in [2.45, 2.75) is 39.7 Å². The molecular formula is C13H18N4O. The summed E-state index contributed by atoms with van der Waals surface area (Å²) >= 11 is 0. The number of nitrogens with zero attached hydrogens (tertiary/aromatic N) is 3. The van der Waals surface area contributed by atoms with Gasteiger partial charge in [-0.1, -0.05) is 24.6 Å². The highest BCUT2D eigenvalue weighted by molar-refractivity contribution is 5.54. The third kappa shape index (κ3) is 2.56. The fourth-order valence-corrected chi connectivity index (χ4v) is 1.87. The lowest BCUT2D eigenvalue weighted by molar-refractivity contribution is 0.348. The molecular weight excluding hydrogens is 228 g/mol. The first-order valence-electron chi connectivity index (χ1n) is 6.14. The summed E-state index contributed by atoms with van der Waals surface area (Å²) in [5, 5.41) is 3.95. The fraction of sp³-hybridized carbons (Fsp3) is 0.462. The van der Waals surface area contributed by atoms with E-state index in [0.29, 0.717) is 11.7 Å². The third-order valence-corrected chi connectivity index (χ3v) is 2.79. The molecule has 0 spiro atoms. The van der Waals surface area contributed by atoms with Crippen LogP contribution in [-0.2, 0) is 0 Å². The monoisotopic (exact) mass is 246 g/mol. The predicted octanol–water partition coefficient (Wildman–Crippen LogP) is 2.55. The van der Waals surface area contributed by atoms with E-state index >= 15 is 0 Å². The lowest BCUT2D eigenvalue weighted by atomic mass is 10.1. The van der Waals surface area contributed by atoms with Crippen LogP contribution in [0.1, 0.15) is 42.8 Å². The van der Waals surface area contributed by atoms with Gasteiger partial charge in [-0.05, 0) is 31.4 Å². The topological polar surface area (TPSA) is 77.8 Å². The summed E-state index contributed by atoms with van der Waals surface area (Å²) in [6, 6.07) is 1.85. The van der Waals surface area contributed by atoms with Crippen molar-refractivity contribution < 1.29 is 4.52 Å². The second-order valence-corrected chi connectivity index (χ2v) is 4.53. The van der Waals surface area contributed by atoms with Gasteiger partial charge in [0, 0.05) is 6.20 Å². The van der Waals surface area contributed by atoms with E-state index in [-0.39, 0.29) is 6.04 Å². The van der Waals surface area contributed by atoms with Gasteiger partial charge in [-0.3, -0.25) is 4.98 Å². The van der Waals surface area contributed by atoms with Crippen molar-refractivity contribution in [1.29, 1.82) is 0 Å². The minimum absolute atomic E-state index is 0.193. The Morgan fingerprint density at radius 3 is 2.83 bits per heavy atom. The minimum atomic E-state index is -0.193. The molecule has 0 amide bonds. The zero-order valence-corrected chi connectivity index (χ0v) is 11.0. The van der Waals surface area contributed by atoms with Gasteiger partial charge in [0.15, 0.2) is 0 Å². The molecule has 2 heterocycles. The molecule has 5 heteroatoms. The van der Waals surface area contributed by atoms with Crippen LogP contribution in [0.5, 0.6) is 0 Å². The van der Waals surface area contributed by atoms with Crippen LogP contribution in [0.3, 0.4) is 0 Å². The highest BCUT2D eigenvalue weighted by Crippen LogP contribution is 2.21. The van der Waals surface area contributed by atoms with Crippen LogP contribution >= 0.6 is 0 Å². The summed E-state index contributed by atoms with van der Waals surface area (Å²) in [6.07, 6.45) is 3.62. The van der Waals surface area contributed by atoms with Gasteiger partial charge in [0.25, 0.3) is 0 Å². The predicted molar refractivity (Wildman–Crippen MR) is 68.8 cm³/mol. The van der Waals surface area contributed by atoms with Crippen molar-refractivity contribution in [2.75, 3.05) is 0 Å². The molecule has 0 aliphatic heterocycles. The Balaban J connectivity index is 2.29. The highest BCUT2D eigenvalue weighted by atomic mass is 16.5. The van der Waals surface area contributed by atoms with Gasteiger partial charge < -0.3 is 10.3 Å². The molecule has 2 N–H and O–H groups in total. The van der Waals surface area contributed by atoms with Crippen molar-refractivity contribution in [2.24, 2.45) is 5.73 Å². The van der Waals surface area contributed by atoms with Crippen molar-refractivity contribution >= 4 is 0 Å². The Morgan fingerprint density at radius 1 is 1.39 bits per heavy atom. The molecule has 18 heavy (non-hydrogen) atoms. The summed E-state index contributed by atoms with van der Waals surface area (Å²) in [5.74, 6) is 0.989. The molecule has 0 unspecified atom stereocenters. The van der Waals surface area contributed by atoms with Crippen molar-refractivity contribution in [1.82, 2.24) is 15.1 Å². The Labute approximate surface area is 106 Å². The highest BCUT2D eigenvalue weighted by Gasteiger charge is 2.16. The van der Waals surface area contributed by atoms with Gasteiger partial charge in [-0.2, -0.15) is 4.98 Å². The van der Waals surface area contributed by atoms with Gasteiger partial charge in [0.1, 0.15) is 5.69 Å². The first-order valence-corrected chi connectivity index (χ1v) is 6.14. The van der Waals surface area contributed by atoms with Crippen LogP contribution in [0.2, 0.25) is 0 Å². The summed E-state index contributed by atoms with van der Waals surface area (Å²) in [6.45, 7) is 6.06. The Bertz CT molecular complexity index is 536. The molecule has 1 atom stereocenters. The maximum Gasteiger partial charge on any atom is 0.243 e. The average molecular weight is 246 g/mol. The van der Waals surface area contributed by atoms with Crippen molar-refractivity contribution in [3.63, 3.8) is 0 Å². The molecule has 0 saturated heterocycles. The van der Waals surface area contributed by atoms with Crippen molar-refractivity contribution in [3.05, 3.63) is 29.3 Å². The maximum absolute atomic E-state index is 5.94. The van der Waals surface area contributed by atoms with E-state index in [9.17, 15) is 0 Å². The molecule has 2 aromatic heterocycles. The fourth-order valence-electron chi connectivity index (χ4n) is 1.87. The molecule has 5 nitrogen and oxygen atoms in total. The van der Waals surface area contributed by atoms with Crippen LogP contribution < -0.4 is 5.73 Å². The number of pyridine rings is 1. The molecule has 0 aliphatic carbocycles. The first kappa shape index (κ1) is 12.7. The number of nitrogens with two attached hydrogens (primary N) is 1. The van der Waals surface area contributed by atoms with Crippen LogP contribution in [0.25, 0.3) is 11.5 Å². The molecule has 2 rings (SSSR count). The number of aryl methyl sites for hydroxylation is 2. The zero-order valence-electron chi connectivity index (χ0n) is 11.0. The Hall–Kier alpha value is -1.75. The maximum atomic E-state index is 5.94. The summed E-state index contributed by atoms with van der Waals surface area (Å²) in [7, 11) is 0. The van der Waals surface area contributed by atoms with E-state index in [1.54, 1.807) is 6.20 Å². The molecule has 96 valence electrons. The molecule has 2 aromatic rings. The van der Waals surface area contributed by atoms with Crippen LogP contribution in [0, 0.1) is 13.8 Å². The van der Waals surface area contributed by atoms with Gasteiger partial charge >= 0.3 is 0 Å². The van der Waals surface area contributed by atoms with E-state index in [1.165, 1.54) is 0 Å². The van der Waals surface area contributed by atoms with Crippen LogP contribution in [0.4, 0.5) is 0 Å². The largest absolute Gasteiger partial charge is 0.337 e. The molecule has 0 bridgehead atoms. The average Bonchev–Trinajstić information content (AvgIpc) is 2.78. The quantitative estimate of drug-likeness (QED) is 0.896. The van der Waals surface area contributed by atoms with Crippen LogP contribution in [0.15, 0.2) is 16.8 Å². The first-order chi connectivity index (χ1) is 8.61. The molecule has 0 aliphatic rings. The lowest BCUT2D eigenvalue weighted by Crippen LogP contribution is -2.09. The third-order valence-electron chi connectivity index (χ3n) is 2.79. The van der Waals surface area contributed by atoms with Gasteiger partial charge in [0.2, 0.25) is 11.7 Å². The number of rotatable bonds is 4. The van der Waals surface area contributed by atoms with E-state index in [2.05, 4.69) is 22.0 Å². The Kier molecular flexibility index (Phi) is 3.72. The summed E-state index contributed by atoms with van der Waals surface area (Å²) in [5.41, 5.74) is 8.84. The van der Waals surface area contributed by atoms with E-state index in [0.717, 1.165) is 29.7 Å². The number of hydrogen-bond donors (Lipinski definition) is 1. The molecule has 0 radical (unpaired) electrons.